The molecule has 0 aliphatic carbocycles. The molecular weight excluding hydrogens is 370 g/mol. The fourth-order valence-electron chi connectivity index (χ4n) is 3.31. The van der Waals surface area contributed by atoms with Crippen molar-refractivity contribution in [2.75, 3.05) is 32.0 Å². The number of fused-ring (bicyclic) bond motifs is 1. The van der Waals surface area contributed by atoms with Crippen LogP contribution in [0.3, 0.4) is 0 Å². The Hall–Kier alpha value is -2.13. The molecule has 1 saturated heterocycles. The van der Waals surface area contributed by atoms with E-state index in [-0.39, 0.29) is 23.3 Å². The number of nitrogens with one attached hydrogen (secondary N) is 1. The highest BCUT2D eigenvalue weighted by Crippen LogP contribution is 2.35. The Balaban J connectivity index is 1.82. The van der Waals surface area contributed by atoms with Crippen LogP contribution in [0, 0.1) is 6.92 Å². The van der Waals surface area contributed by atoms with E-state index in [4.69, 9.17) is 4.74 Å². The highest BCUT2D eigenvalue weighted by Gasteiger charge is 2.31. The predicted octanol–water partition coefficient (Wildman–Crippen LogP) is 1.35. The van der Waals surface area contributed by atoms with E-state index in [1.807, 2.05) is 0 Å². The van der Waals surface area contributed by atoms with Crippen molar-refractivity contribution in [2.24, 2.45) is 0 Å². The maximum atomic E-state index is 13.0. The van der Waals surface area contributed by atoms with Crippen LogP contribution in [-0.2, 0) is 19.6 Å². The molecule has 2 aliphatic rings. The fourth-order valence-corrected chi connectivity index (χ4v) is 4.65. The van der Waals surface area contributed by atoms with Gasteiger partial charge in [-0.25, -0.2) is 8.42 Å². The van der Waals surface area contributed by atoms with Crippen molar-refractivity contribution >= 4 is 27.5 Å². The largest absolute Gasteiger partial charge is 0.479 e. The lowest BCUT2D eigenvalue weighted by atomic mass is 10.1. The first-order valence-electron chi connectivity index (χ1n) is 9.06. The second-order valence-corrected chi connectivity index (χ2v) is 9.08. The highest BCUT2D eigenvalue weighted by molar-refractivity contribution is 7.89. The van der Waals surface area contributed by atoms with Crippen molar-refractivity contribution < 1.29 is 22.7 Å². The normalized spacial score (nSPS) is 20.1. The Kier molecular flexibility index (Phi) is 5.43. The summed E-state index contributed by atoms with van der Waals surface area (Å²) in [5.41, 5.74) is 0.922. The number of hydrogen-bond donors (Lipinski definition) is 1. The molecule has 1 aromatic carbocycles. The molecule has 148 valence electrons. The molecule has 1 atom stereocenters. The number of carbonyl (C=O) groups is 2. The smallest absolute Gasteiger partial charge is 0.265 e. The number of amides is 2. The van der Waals surface area contributed by atoms with Crippen molar-refractivity contribution in [2.45, 2.75) is 44.1 Å². The van der Waals surface area contributed by atoms with Gasteiger partial charge < -0.3 is 15.0 Å². The zero-order valence-electron chi connectivity index (χ0n) is 15.8. The van der Waals surface area contributed by atoms with E-state index in [9.17, 15) is 18.0 Å². The first kappa shape index (κ1) is 19.6. The van der Waals surface area contributed by atoms with Crippen molar-refractivity contribution in [3.8, 4) is 5.75 Å². The number of nitrogens with zero attached hydrogens (tertiary/aromatic N) is 2. The Bertz CT molecular complexity index is 862. The van der Waals surface area contributed by atoms with E-state index in [0.29, 0.717) is 30.1 Å². The minimum atomic E-state index is -3.87. The number of sulfonamides is 1. The van der Waals surface area contributed by atoms with E-state index >= 15 is 0 Å². The minimum Gasteiger partial charge on any atom is -0.479 e. The average molecular weight is 395 g/mol. The lowest BCUT2D eigenvalue weighted by Crippen LogP contribution is -2.43. The van der Waals surface area contributed by atoms with Gasteiger partial charge in [-0.2, -0.15) is 4.31 Å². The van der Waals surface area contributed by atoms with Crippen molar-refractivity contribution in [1.29, 1.82) is 0 Å². The molecule has 2 amide bonds. The molecule has 0 spiro atoms. The summed E-state index contributed by atoms with van der Waals surface area (Å²) in [5, 5.41) is 2.70. The molecule has 1 unspecified atom stereocenters. The summed E-state index contributed by atoms with van der Waals surface area (Å²) >= 11 is 0. The van der Waals surface area contributed by atoms with Gasteiger partial charge in [0.2, 0.25) is 15.9 Å². The first-order chi connectivity index (χ1) is 12.7. The van der Waals surface area contributed by atoms with Crippen LogP contribution < -0.4 is 10.1 Å². The third kappa shape index (κ3) is 3.93. The summed E-state index contributed by atoms with van der Waals surface area (Å²) in [4.78, 5) is 25.9. The van der Waals surface area contributed by atoms with Crippen LogP contribution in [-0.4, -0.2) is 62.2 Å². The molecule has 2 heterocycles. The van der Waals surface area contributed by atoms with Crippen LogP contribution in [0.25, 0.3) is 0 Å². The Labute approximate surface area is 159 Å². The van der Waals surface area contributed by atoms with Crippen LogP contribution >= 0.6 is 0 Å². The van der Waals surface area contributed by atoms with Crippen LogP contribution in [0.2, 0.25) is 0 Å². The number of ether oxygens (including phenoxy) is 1. The molecule has 1 N–H and O–H groups in total. The number of piperidine rings is 1. The molecule has 3 rings (SSSR count). The molecule has 2 aliphatic heterocycles. The predicted molar refractivity (Wildman–Crippen MR) is 100 cm³/mol. The highest BCUT2D eigenvalue weighted by atomic mass is 32.2. The van der Waals surface area contributed by atoms with Gasteiger partial charge in [-0.3, -0.25) is 9.59 Å². The van der Waals surface area contributed by atoms with Crippen molar-refractivity contribution in [3.05, 3.63) is 17.7 Å². The zero-order valence-corrected chi connectivity index (χ0v) is 16.6. The molecule has 1 aromatic rings. The number of likely N-dealkylation sites (N-methyl/N-ethyl adjacent to an activating group) is 1. The Morgan fingerprint density at radius 3 is 2.63 bits per heavy atom. The lowest BCUT2D eigenvalue weighted by molar-refractivity contribution is -0.132. The number of hydrogen-bond acceptors (Lipinski definition) is 5. The molecule has 9 heteroatoms. The Morgan fingerprint density at radius 1 is 1.30 bits per heavy atom. The molecule has 1 fully saturated rings. The zero-order chi connectivity index (χ0) is 19.8. The topological polar surface area (TPSA) is 96.0 Å². The second-order valence-electron chi connectivity index (χ2n) is 7.07. The molecule has 0 radical (unpaired) electrons. The van der Waals surface area contributed by atoms with Gasteiger partial charge in [-0.1, -0.05) is 0 Å². The van der Waals surface area contributed by atoms with Gasteiger partial charge in [-0.05, 0) is 44.7 Å². The summed E-state index contributed by atoms with van der Waals surface area (Å²) in [6.45, 7) is 4.40. The maximum Gasteiger partial charge on any atom is 0.265 e. The van der Waals surface area contributed by atoms with Crippen LogP contribution in [0.15, 0.2) is 17.0 Å². The average Bonchev–Trinajstić information content (AvgIpc) is 2.63. The van der Waals surface area contributed by atoms with Gasteiger partial charge in [0.15, 0.2) is 6.10 Å². The van der Waals surface area contributed by atoms with Gasteiger partial charge in [0, 0.05) is 26.2 Å². The van der Waals surface area contributed by atoms with E-state index < -0.39 is 16.1 Å². The summed E-state index contributed by atoms with van der Waals surface area (Å²) in [6.07, 6.45) is 2.30. The molecule has 8 nitrogen and oxygen atoms in total. The van der Waals surface area contributed by atoms with E-state index in [1.54, 1.807) is 24.8 Å². The Morgan fingerprint density at radius 2 is 1.96 bits per heavy atom. The quantitative estimate of drug-likeness (QED) is 0.830. The number of aryl methyl sites for hydroxylation is 1. The number of carbonyl (C=O) groups excluding carboxylic acids is 2. The number of anilines is 1. The molecular formula is C18H25N3O5S. The van der Waals surface area contributed by atoms with Crippen molar-refractivity contribution in [3.63, 3.8) is 0 Å². The van der Waals surface area contributed by atoms with Crippen LogP contribution in [0.5, 0.6) is 5.75 Å². The molecule has 0 aromatic heterocycles. The lowest BCUT2D eigenvalue weighted by Gasteiger charge is -2.29. The van der Waals surface area contributed by atoms with E-state index in [2.05, 4.69) is 5.32 Å². The third-order valence-electron chi connectivity index (χ3n) is 4.96. The second kappa shape index (κ2) is 7.47. The fraction of sp³-hybridized carbons (Fsp3) is 0.556. The van der Waals surface area contributed by atoms with Gasteiger partial charge in [-0.15, -0.1) is 0 Å². The van der Waals surface area contributed by atoms with E-state index in [0.717, 1.165) is 23.6 Å². The summed E-state index contributed by atoms with van der Waals surface area (Å²) < 4.78 is 32.6. The summed E-state index contributed by atoms with van der Waals surface area (Å²) in [7, 11) is -2.47. The summed E-state index contributed by atoms with van der Waals surface area (Å²) in [6, 6.07) is 2.99. The third-order valence-corrected chi connectivity index (χ3v) is 6.91. The molecule has 0 bridgehead atoms. The van der Waals surface area contributed by atoms with Gasteiger partial charge in [0.1, 0.15) is 5.75 Å². The SMILES string of the molecule is Cc1cc2c(cc1S(=O)(=O)N(C)CC(=O)N1CCCCC1)OC(C)C(=O)N2. The van der Waals surface area contributed by atoms with Gasteiger partial charge in [0.05, 0.1) is 17.1 Å². The van der Waals surface area contributed by atoms with Crippen LogP contribution in [0.4, 0.5) is 5.69 Å². The number of benzene rings is 1. The number of likely N-dealkylation sites (tertiary alicyclic amines) is 1. The minimum absolute atomic E-state index is 0.0681. The maximum absolute atomic E-state index is 13.0. The van der Waals surface area contributed by atoms with Gasteiger partial charge >= 0.3 is 0 Å². The molecule has 0 saturated carbocycles. The van der Waals surface area contributed by atoms with Crippen LogP contribution in [0.1, 0.15) is 31.7 Å². The monoisotopic (exact) mass is 395 g/mol. The number of rotatable bonds is 4. The molecule has 27 heavy (non-hydrogen) atoms. The summed E-state index contributed by atoms with van der Waals surface area (Å²) in [5.74, 6) is -0.155. The van der Waals surface area contributed by atoms with E-state index in [1.165, 1.54) is 13.1 Å². The van der Waals surface area contributed by atoms with Gasteiger partial charge in [0.25, 0.3) is 5.91 Å². The standard InChI is InChI=1S/C18H25N3O5S/c1-12-9-14-15(26-13(2)18(23)19-14)10-16(12)27(24,25)20(3)11-17(22)21-7-5-4-6-8-21/h9-10,13H,4-8,11H2,1-3H3,(H,19,23). The van der Waals surface area contributed by atoms with Crippen molar-refractivity contribution in [1.82, 2.24) is 9.21 Å². The first-order valence-corrected chi connectivity index (χ1v) is 10.5.